The third-order valence-electron chi connectivity index (χ3n) is 3.75. The van der Waals surface area contributed by atoms with Crippen LogP contribution < -0.4 is 15.2 Å². The van der Waals surface area contributed by atoms with Gasteiger partial charge in [-0.15, -0.1) is 0 Å². The molecule has 1 saturated heterocycles. The number of piperidine rings is 1. The van der Waals surface area contributed by atoms with E-state index < -0.39 is 10.2 Å². The highest BCUT2D eigenvalue weighted by molar-refractivity contribution is 7.90. The summed E-state index contributed by atoms with van der Waals surface area (Å²) in [5.41, 5.74) is 7.12. The fourth-order valence-electron chi connectivity index (χ4n) is 2.63. The summed E-state index contributed by atoms with van der Waals surface area (Å²) < 4.78 is 34.5. The van der Waals surface area contributed by atoms with Crippen LogP contribution in [0.2, 0.25) is 0 Å². The van der Waals surface area contributed by atoms with Crippen molar-refractivity contribution in [3.05, 3.63) is 23.8 Å². The Morgan fingerprint density at radius 2 is 2.19 bits per heavy atom. The lowest BCUT2D eigenvalue weighted by atomic mass is 10.1. The Labute approximate surface area is 126 Å². The van der Waals surface area contributed by atoms with E-state index in [0.717, 1.165) is 24.8 Å². The third kappa shape index (κ3) is 3.66. The van der Waals surface area contributed by atoms with E-state index in [1.165, 1.54) is 11.4 Å². The maximum absolute atomic E-state index is 12.6. The van der Waals surface area contributed by atoms with Gasteiger partial charge in [0.25, 0.3) is 0 Å². The Morgan fingerprint density at radius 1 is 1.43 bits per heavy atom. The number of nitrogens with two attached hydrogens (primary N) is 1. The molecule has 0 aromatic heterocycles. The van der Waals surface area contributed by atoms with Crippen molar-refractivity contribution in [1.82, 2.24) is 4.31 Å². The van der Waals surface area contributed by atoms with Gasteiger partial charge in [-0.25, -0.2) is 0 Å². The van der Waals surface area contributed by atoms with Gasteiger partial charge in [0.15, 0.2) is 0 Å². The molecule has 0 amide bonds. The first-order valence-electron chi connectivity index (χ1n) is 7.12. The molecule has 1 aliphatic rings. The lowest BCUT2D eigenvalue weighted by molar-refractivity contribution is 0.259. The number of rotatable bonds is 5. The van der Waals surface area contributed by atoms with E-state index in [1.807, 2.05) is 13.0 Å². The number of nitrogens with zero attached hydrogens (tertiary/aromatic N) is 1. The van der Waals surface area contributed by atoms with Crippen molar-refractivity contribution < 1.29 is 13.2 Å². The summed E-state index contributed by atoms with van der Waals surface area (Å²) in [6.45, 7) is 2.75. The average molecular weight is 313 g/mol. The van der Waals surface area contributed by atoms with Crippen LogP contribution >= 0.6 is 0 Å². The van der Waals surface area contributed by atoms with E-state index >= 15 is 0 Å². The smallest absolute Gasteiger partial charge is 0.302 e. The SMILES string of the molecule is COc1ccc(C)cc1NS(=O)(=O)N1CCCCC1CN. The Bertz CT molecular complexity index is 589. The molecule has 21 heavy (non-hydrogen) atoms. The van der Waals surface area contributed by atoms with E-state index in [9.17, 15) is 8.42 Å². The van der Waals surface area contributed by atoms with Crippen molar-refractivity contribution in [2.24, 2.45) is 5.73 Å². The summed E-state index contributed by atoms with van der Waals surface area (Å²) in [6, 6.07) is 5.26. The van der Waals surface area contributed by atoms with Gasteiger partial charge in [0.1, 0.15) is 5.75 Å². The average Bonchev–Trinajstić information content (AvgIpc) is 2.47. The van der Waals surface area contributed by atoms with Crippen molar-refractivity contribution in [2.45, 2.75) is 32.2 Å². The minimum Gasteiger partial charge on any atom is -0.495 e. The monoisotopic (exact) mass is 313 g/mol. The van der Waals surface area contributed by atoms with Crippen LogP contribution in [0.15, 0.2) is 18.2 Å². The lowest BCUT2D eigenvalue weighted by Gasteiger charge is -2.34. The van der Waals surface area contributed by atoms with Gasteiger partial charge in [-0.3, -0.25) is 4.72 Å². The predicted molar refractivity (Wildman–Crippen MR) is 83.7 cm³/mol. The number of nitrogens with one attached hydrogen (secondary N) is 1. The number of ether oxygens (including phenoxy) is 1. The minimum atomic E-state index is -3.62. The van der Waals surface area contributed by atoms with Crippen LogP contribution in [-0.4, -0.2) is 39.0 Å². The molecule has 1 heterocycles. The van der Waals surface area contributed by atoms with E-state index in [2.05, 4.69) is 4.72 Å². The molecule has 2 rings (SSSR count). The molecule has 7 heteroatoms. The summed E-state index contributed by atoms with van der Waals surface area (Å²) in [4.78, 5) is 0. The number of hydrogen-bond donors (Lipinski definition) is 2. The molecule has 1 atom stereocenters. The molecule has 0 spiro atoms. The second-order valence-corrected chi connectivity index (χ2v) is 6.93. The first-order valence-corrected chi connectivity index (χ1v) is 8.56. The lowest BCUT2D eigenvalue weighted by Crippen LogP contribution is -2.49. The number of hydrogen-bond acceptors (Lipinski definition) is 4. The molecule has 118 valence electrons. The molecule has 1 fully saturated rings. The summed E-state index contributed by atoms with van der Waals surface area (Å²) in [5, 5.41) is 0. The normalized spacial score (nSPS) is 20.2. The molecule has 0 aliphatic carbocycles. The van der Waals surface area contributed by atoms with Gasteiger partial charge in [0, 0.05) is 19.1 Å². The zero-order valence-corrected chi connectivity index (χ0v) is 13.3. The van der Waals surface area contributed by atoms with Gasteiger partial charge in [-0.2, -0.15) is 12.7 Å². The molecule has 6 nitrogen and oxygen atoms in total. The highest BCUT2D eigenvalue weighted by atomic mass is 32.2. The zero-order chi connectivity index (χ0) is 15.5. The van der Waals surface area contributed by atoms with E-state index in [4.69, 9.17) is 10.5 Å². The largest absolute Gasteiger partial charge is 0.495 e. The van der Waals surface area contributed by atoms with Crippen LogP contribution in [0.1, 0.15) is 24.8 Å². The first kappa shape index (κ1) is 16.1. The molecule has 0 radical (unpaired) electrons. The van der Waals surface area contributed by atoms with Crippen LogP contribution in [-0.2, 0) is 10.2 Å². The zero-order valence-electron chi connectivity index (χ0n) is 12.5. The Hall–Kier alpha value is -1.31. The Morgan fingerprint density at radius 3 is 2.86 bits per heavy atom. The molecule has 0 saturated carbocycles. The fourth-order valence-corrected chi connectivity index (χ4v) is 4.13. The van der Waals surface area contributed by atoms with Gasteiger partial charge in [0.05, 0.1) is 12.8 Å². The molecule has 1 aliphatic heterocycles. The fraction of sp³-hybridized carbons (Fsp3) is 0.571. The third-order valence-corrected chi connectivity index (χ3v) is 5.32. The number of methoxy groups -OCH3 is 1. The number of aryl methyl sites for hydroxylation is 1. The van der Waals surface area contributed by atoms with Gasteiger partial charge in [0.2, 0.25) is 0 Å². The van der Waals surface area contributed by atoms with Crippen LogP contribution in [0.3, 0.4) is 0 Å². The van der Waals surface area contributed by atoms with Crippen LogP contribution in [0, 0.1) is 6.92 Å². The molecule has 0 bridgehead atoms. The van der Waals surface area contributed by atoms with Gasteiger partial charge >= 0.3 is 10.2 Å². The quantitative estimate of drug-likeness (QED) is 0.862. The van der Waals surface area contributed by atoms with Crippen molar-refractivity contribution >= 4 is 15.9 Å². The molecular formula is C14H23N3O3S. The number of anilines is 1. The molecule has 1 unspecified atom stereocenters. The van der Waals surface area contributed by atoms with Gasteiger partial charge < -0.3 is 10.5 Å². The summed E-state index contributed by atoms with van der Waals surface area (Å²) in [7, 11) is -2.10. The Balaban J connectivity index is 2.26. The molecule has 3 N–H and O–H groups in total. The molecular weight excluding hydrogens is 290 g/mol. The maximum Gasteiger partial charge on any atom is 0.302 e. The van der Waals surface area contributed by atoms with E-state index in [0.29, 0.717) is 24.5 Å². The topological polar surface area (TPSA) is 84.7 Å². The highest BCUT2D eigenvalue weighted by Gasteiger charge is 2.31. The highest BCUT2D eigenvalue weighted by Crippen LogP contribution is 2.28. The van der Waals surface area contributed by atoms with Crippen LogP contribution in [0.4, 0.5) is 5.69 Å². The Kier molecular flexibility index (Phi) is 5.08. The van der Waals surface area contributed by atoms with Crippen LogP contribution in [0.25, 0.3) is 0 Å². The summed E-state index contributed by atoms with van der Waals surface area (Å²) in [6.07, 6.45) is 2.69. The summed E-state index contributed by atoms with van der Waals surface area (Å²) >= 11 is 0. The standard InChI is InChI=1S/C14H23N3O3S/c1-11-6-7-14(20-2)13(9-11)16-21(18,19)17-8-4-3-5-12(17)10-15/h6-7,9,12,16H,3-5,8,10,15H2,1-2H3. The van der Waals surface area contributed by atoms with Crippen molar-refractivity contribution in [2.75, 3.05) is 24.9 Å². The molecule has 1 aromatic rings. The summed E-state index contributed by atoms with van der Waals surface area (Å²) in [5.74, 6) is 0.505. The van der Waals surface area contributed by atoms with E-state index in [1.54, 1.807) is 12.1 Å². The van der Waals surface area contributed by atoms with Crippen LogP contribution in [0.5, 0.6) is 5.75 Å². The molecule has 1 aromatic carbocycles. The first-order chi connectivity index (χ1) is 9.97. The van der Waals surface area contributed by atoms with Gasteiger partial charge in [-0.05, 0) is 37.5 Å². The predicted octanol–water partition coefficient (Wildman–Crippen LogP) is 1.47. The minimum absolute atomic E-state index is 0.132. The number of benzene rings is 1. The van der Waals surface area contributed by atoms with Gasteiger partial charge in [-0.1, -0.05) is 12.5 Å². The second-order valence-electron chi connectivity index (χ2n) is 5.31. The van der Waals surface area contributed by atoms with E-state index in [-0.39, 0.29) is 6.04 Å². The van der Waals surface area contributed by atoms with Crippen molar-refractivity contribution in [3.8, 4) is 5.75 Å². The van der Waals surface area contributed by atoms with Crippen molar-refractivity contribution in [1.29, 1.82) is 0 Å². The maximum atomic E-state index is 12.6. The second kappa shape index (κ2) is 6.64. The van der Waals surface area contributed by atoms with Crippen molar-refractivity contribution in [3.63, 3.8) is 0 Å².